The molecular formula is C33H27F2N5O4S. The summed E-state index contributed by atoms with van der Waals surface area (Å²) in [5, 5.41) is 23.5. The topological polar surface area (TPSA) is 138 Å². The zero-order chi connectivity index (χ0) is 31.6. The fraction of sp³-hybridized carbons (Fsp3) is 0.273. The quantitative estimate of drug-likeness (QED) is 0.225. The lowest BCUT2D eigenvalue weighted by atomic mass is 9.61. The highest BCUT2D eigenvalue weighted by molar-refractivity contribution is 7.90. The molecule has 2 bridgehead atoms. The summed E-state index contributed by atoms with van der Waals surface area (Å²) >= 11 is 0. The zero-order valence-electron chi connectivity index (χ0n) is 24.0. The lowest BCUT2D eigenvalue weighted by Crippen LogP contribution is -2.51. The van der Waals surface area contributed by atoms with Gasteiger partial charge < -0.3 is 10.4 Å². The normalized spacial score (nSPS) is 21.2. The van der Waals surface area contributed by atoms with Crippen molar-refractivity contribution >= 4 is 43.6 Å². The van der Waals surface area contributed by atoms with E-state index in [2.05, 4.69) is 16.4 Å². The van der Waals surface area contributed by atoms with Gasteiger partial charge in [-0.25, -0.2) is 31.1 Å². The number of nitriles is 1. The van der Waals surface area contributed by atoms with Gasteiger partial charge in [-0.3, -0.25) is 4.79 Å². The van der Waals surface area contributed by atoms with Crippen molar-refractivity contribution in [3.05, 3.63) is 83.6 Å². The van der Waals surface area contributed by atoms with Crippen LogP contribution in [-0.4, -0.2) is 39.5 Å². The molecule has 8 rings (SSSR count). The third-order valence-corrected chi connectivity index (χ3v) is 10.9. The molecule has 0 saturated heterocycles. The Bertz CT molecular complexity index is 2170. The molecule has 3 aliphatic carbocycles. The minimum absolute atomic E-state index is 0.0168. The molecule has 9 nitrogen and oxygen atoms in total. The number of aliphatic carboxylic acids is 1. The number of halogens is 2. The van der Waals surface area contributed by atoms with Crippen LogP contribution in [-0.2, 0) is 14.8 Å². The Morgan fingerprint density at radius 1 is 1.00 bits per heavy atom. The predicted octanol–water partition coefficient (Wildman–Crippen LogP) is 6.25. The molecule has 3 aromatic carbocycles. The Balaban J connectivity index is 1.44. The maximum Gasteiger partial charge on any atom is 0.308 e. The lowest BCUT2D eigenvalue weighted by Gasteiger charge is -2.47. The van der Waals surface area contributed by atoms with Crippen molar-refractivity contribution in [2.45, 2.75) is 43.5 Å². The highest BCUT2D eigenvalue weighted by Crippen LogP contribution is 2.47. The van der Waals surface area contributed by atoms with Crippen molar-refractivity contribution in [3.63, 3.8) is 0 Å². The fourth-order valence-corrected chi connectivity index (χ4v) is 8.41. The van der Waals surface area contributed by atoms with Crippen LogP contribution in [0, 0.1) is 47.6 Å². The Kier molecular flexibility index (Phi) is 6.81. The molecule has 2 aromatic heterocycles. The predicted molar refractivity (Wildman–Crippen MR) is 163 cm³/mol. The Labute approximate surface area is 257 Å². The van der Waals surface area contributed by atoms with Gasteiger partial charge in [0.25, 0.3) is 10.0 Å². The average molecular weight is 628 g/mol. The van der Waals surface area contributed by atoms with E-state index < -0.39 is 39.6 Å². The summed E-state index contributed by atoms with van der Waals surface area (Å²) in [6.45, 7) is 1.81. The second-order valence-corrected chi connectivity index (χ2v) is 13.7. The van der Waals surface area contributed by atoms with Crippen LogP contribution in [0.4, 0.5) is 14.6 Å². The number of carboxylic acid groups (broad SMARTS) is 1. The van der Waals surface area contributed by atoms with Crippen LogP contribution < -0.4 is 5.32 Å². The van der Waals surface area contributed by atoms with Crippen molar-refractivity contribution in [1.82, 2.24) is 13.9 Å². The number of hydrogen-bond donors (Lipinski definition) is 2. The van der Waals surface area contributed by atoms with E-state index in [0.717, 1.165) is 41.3 Å². The van der Waals surface area contributed by atoms with Crippen LogP contribution in [0.25, 0.3) is 33.2 Å². The monoisotopic (exact) mass is 627 g/mol. The Morgan fingerprint density at radius 3 is 2.40 bits per heavy atom. The number of fused-ring (bicyclic) bond motifs is 5. The minimum atomic E-state index is -4.33. The summed E-state index contributed by atoms with van der Waals surface area (Å²) < 4.78 is 58.4. The molecule has 2 unspecified atom stereocenters. The summed E-state index contributed by atoms with van der Waals surface area (Å²) in [7, 11) is -4.33. The number of anilines is 1. The molecule has 5 aromatic rings. The molecule has 228 valence electrons. The Morgan fingerprint density at radius 2 is 1.71 bits per heavy atom. The standard InChI is InChI=1S/C33H27F2N5O4S/c1-17-2-9-22(10-3-17)45(43,44)40-16-25(23-13-21(34)14-26(35)30(23)40)32-37-27-11-4-18(15-36)12-24(27)31(39-32)38-29-20-7-5-19(6-8-20)28(29)33(41)42/h2-4,9-14,16,19-20,28-29H,5-8H2,1H3,(H,41,42)(H,37,38,39). The third-order valence-electron chi connectivity index (χ3n) is 9.24. The van der Waals surface area contributed by atoms with Crippen LogP contribution >= 0.6 is 0 Å². The van der Waals surface area contributed by atoms with E-state index in [4.69, 9.17) is 4.98 Å². The van der Waals surface area contributed by atoms with Crippen molar-refractivity contribution in [3.8, 4) is 17.5 Å². The smallest absolute Gasteiger partial charge is 0.308 e. The van der Waals surface area contributed by atoms with Crippen molar-refractivity contribution < 1.29 is 27.1 Å². The lowest BCUT2D eigenvalue weighted by molar-refractivity contribution is -0.148. The summed E-state index contributed by atoms with van der Waals surface area (Å²) in [5.74, 6) is -3.18. The van der Waals surface area contributed by atoms with Gasteiger partial charge in [-0.05, 0) is 80.8 Å². The molecular weight excluding hydrogens is 600 g/mol. The van der Waals surface area contributed by atoms with E-state index in [1.165, 1.54) is 18.3 Å². The van der Waals surface area contributed by atoms with Crippen LogP contribution in [0.1, 0.15) is 36.8 Å². The summed E-state index contributed by atoms with van der Waals surface area (Å²) in [6, 6.07) is 14.2. The molecule has 0 spiro atoms. The second kappa shape index (κ2) is 10.6. The molecule has 3 aliphatic rings. The van der Waals surface area contributed by atoms with Gasteiger partial charge >= 0.3 is 5.97 Å². The van der Waals surface area contributed by atoms with Gasteiger partial charge in [0, 0.05) is 34.6 Å². The molecule has 0 amide bonds. The van der Waals surface area contributed by atoms with Gasteiger partial charge in [0.2, 0.25) is 0 Å². The number of aryl methyl sites for hydroxylation is 1. The van der Waals surface area contributed by atoms with E-state index in [1.54, 1.807) is 37.3 Å². The number of benzene rings is 3. The average Bonchev–Trinajstić information content (AvgIpc) is 3.42. The number of rotatable bonds is 6. The molecule has 12 heteroatoms. The second-order valence-electron chi connectivity index (χ2n) is 11.9. The van der Waals surface area contributed by atoms with Crippen LogP contribution in [0.2, 0.25) is 0 Å². The van der Waals surface area contributed by atoms with Gasteiger partial charge in [0.1, 0.15) is 17.2 Å². The SMILES string of the molecule is Cc1ccc(S(=O)(=O)n2cc(-c3nc(NC4C5CCC(CC5)C4C(=O)O)c4cc(C#N)ccc4n3)c3cc(F)cc(F)c32)cc1. The van der Waals surface area contributed by atoms with Gasteiger partial charge in [0.05, 0.1) is 28.0 Å². The largest absolute Gasteiger partial charge is 0.481 e. The Hall–Kier alpha value is -4.89. The molecule has 3 saturated carbocycles. The van der Waals surface area contributed by atoms with E-state index in [0.29, 0.717) is 22.5 Å². The molecule has 2 N–H and O–H groups in total. The van der Waals surface area contributed by atoms with Crippen LogP contribution in [0.5, 0.6) is 0 Å². The highest BCUT2D eigenvalue weighted by Gasteiger charge is 2.47. The highest BCUT2D eigenvalue weighted by atomic mass is 32.2. The van der Waals surface area contributed by atoms with Gasteiger partial charge in [0.15, 0.2) is 11.6 Å². The van der Waals surface area contributed by atoms with Crippen molar-refractivity contribution in [2.75, 3.05) is 5.32 Å². The third kappa shape index (κ3) is 4.78. The number of nitrogens with one attached hydrogen (secondary N) is 1. The number of aromatic nitrogens is 3. The van der Waals surface area contributed by atoms with E-state index in [1.807, 2.05) is 0 Å². The van der Waals surface area contributed by atoms with E-state index in [9.17, 15) is 28.0 Å². The number of carbonyl (C=O) groups is 1. The summed E-state index contributed by atoms with van der Waals surface area (Å²) in [5.41, 5.74) is 1.26. The van der Waals surface area contributed by atoms with E-state index >= 15 is 4.39 Å². The first-order valence-corrected chi connectivity index (χ1v) is 16.0. The van der Waals surface area contributed by atoms with Gasteiger partial charge in [-0.2, -0.15) is 5.26 Å². The van der Waals surface area contributed by atoms with Gasteiger partial charge in [-0.15, -0.1) is 0 Å². The van der Waals surface area contributed by atoms with Crippen LogP contribution in [0.3, 0.4) is 0 Å². The fourth-order valence-electron chi connectivity index (χ4n) is 7.04. The van der Waals surface area contributed by atoms with E-state index in [-0.39, 0.29) is 44.8 Å². The first kappa shape index (κ1) is 28.9. The molecule has 2 atom stereocenters. The molecule has 0 radical (unpaired) electrons. The van der Waals surface area contributed by atoms with Crippen molar-refractivity contribution in [1.29, 1.82) is 5.26 Å². The summed E-state index contributed by atoms with van der Waals surface area (Å²) in [4.78, 5) is 21.7. The number of carboxylic acids is 1. The summed E-state index contributed by atoms with van der Waals surface area (Å²) in [6.07, 6.45) is 4.59. The van der Waals surface area contributed by atoms with Crippen LogP contribution in [0.15, 0.2) is 65.7 Å². The maximum absolute atomic E-state index is 15.4. The molecule has 45 heavy (non-hydrogen) atoms. The first-order chi connectivity index (χ1) is 21.5. The number of hydrogen-bond acceptors (Lipinski definition) is 7. The molecule has 3 fully saturated rings. The first-order valence-electron chi connectivity index (χ1n) is 14.6. The minimum Gasteiger partial charge on any atom is -0.481 e. The number of nitrogens with zero attached hydrogens (tertiary/aromatic N) is 4. The maximum atomic E-state index is 15.4. The van der Waals surface area contributed by atoms with Crippen molar-refractivity contribution in [2.24, 2.45) is 17.8 Å². The van der Waals surface area contributed by atoms with Gasteiger partial charge in [-0.1, -0.05) is 17.7 Å². The molecule has 2 heterocycles. The zero-order valence-corrected chi connectivity index (χ0v) is 24.9. The molecule has 0 aliphatic heterocycles.